The highest BCUT2D eigenvalue weighted by atomic mass is 32.2. The number of hydrogen-bond acceptors (Lipinski definition) is 7. The number of carbonyl (C=O) groups excluding carboxylic acids is 2. The SMILES string of the molecule is C=CCn1c(SCC(=O)Nc2ccc(N=Nc3ccccc3)cc2)nnc1[C@@H](C)NC(=O)c1ccc(C)cc1. The van der Waals surface area contributed by atoms with E-state index in [0.29, 0.717) is 34.5 Å². The van der Waals surface area contributed by atoms with Crippen molar-refractivity contribution in [1.29, 1.82) is 0 Å². The second-order valence-corrected chi connectivity index (χ2v) is 9.66. The van der Waals surface area contributed by atoms with Crippen molar-refractivity contribution in [3.8, 4) is 0 Å². The molecule has 0 saturated heterocycles. The molecule has 2 N–H and O–H groups in total. The predicted octanol–water partition coefficient (Wildman–Crippen LogP) is 6.41. The van der Waals surface area contributed by atoms with Crippen molar-refractivity contribution >= 4 is 40.6 Å². The molecule has 1 atom stereocenters. The van der Waals surface area contributed by atoms with E-state index in [1.54, 1.807) is 42.5 Å². The Bertz CT molecular complexity index is 1450. The Labute approximate surface area is 231 Å². The van der Waals surface area contributed by atoms with Gasteiger partial charge >= 0.3 is 0 Å². The van der Waals surface area contributed by atoms with E-state index in [4.69, 9.17) is 0 Å². The van der Waals surface area contributed by atoms with Crippen LogP contribution in [0.5, 0.6) is 0 Å². The lowest BCUT2D eigenvalue weighted by Crippen LogP contribution is -2.28. The van der Waals surface area contributed by atoms with Crippen LogP contribution in [0.4, 0.5) is 17.1 Å². The largest absolute Gasteiger partial charge is 0.342 e. The number of carbonyl (C=O) groups is 2. The van der Waals surface area contributed by atoms with E-state index in [1.165, 1.54) is 11.8 Å². The molecule has 4 rings (SSSR count). The van der Waals surface area contributed by atoms with Gasteiger partial charge in [-0.3, -0.25) is 9.59 Å². The molecule has 0 unspecified atom stereocenters. The van der Waals surface area contributed by atoms with Gasteiger partial charge in [0.05, 0.1) is 23.2 Å². The maximum absolute atomic E-state index is 12.7. The van der Waals surface area contributed by atoms with Crippen LogP contribution in [0.1, 0.15) is 34.7 Å². The quantitative estimate of drug-likeness (QED) is 0.130. The molecule has 39 heavy (non-hydrogen) atoms. The van der Waals surface area contributed by atoms with Crippen LogP contribution in [0, 0.1) is 6.92 Å². The van der Waals surface area contributed by atoms with Crippen molar-refractivity contribution in [1.82, 2.24) is 20.1 Å². The Morgan fingerprint density at radius 2 is 1.64 bits per heavy atom. The van der Waals surface area contributed by atoms with Gasteiger partial charge in [0, 0.05) is 17.8 Å². The molecule has 198 valence electrons. The number of nitrogens with one attached hydrogen (secondary N) is 2. The molecule has 0 saturated carbocycles. The van der Waals surface area contributed by atoms with E-state index in [9.17, 15) is 9.59 Å². The van der Waals surface area contributed by atoms with Crippen LogP contribution in [0.3, 0.4) is 0 Å². The van der Waals surface area contributed by atoms with E-state index < -0.39 is 6.04 Å². The molecule has 0 spiro atoms. The molecule has 0 bridgehead atoms. The smallest absolute Gasteiger partial charge is 0.251 e. The lowest BCUT2D eigenvalue weighted by molar-refractivity contribution is -0.113. The molecule has 0 fully saturated rings. The number of thioether (sulfide) groups is 1. The van der Waals surface area contributed by atoms with Crippen molar-refractivity contribution < 1.29 is 9.59 Å². The topological polar surface area (TPSA) is 114 Å². The van der Waals surface area contributed by atoms with Crippen LogP contribution in [0.25, 0.3) is 0 Å². The second-order valence-electron chi connectivity index (χ2n) is 8.72. The highest BCUT2D eigenvalue weighted by molar-refractivity contribution is 7.99. The zero-order valence-corrected chi connectivity index (χ0v) is 22.6. The summed E-state index contributed by atoms with van der Waals surface area (Å²) in [6.07, 6.45) is 1.72. The first-order valence-electron chi connectivity index (χ1n) is 12.3. The van der Waals surface area contributed by atoms with Gasteiger partial charge in [0.15, 0.2) is 11.0 Å². The van der Waals surface area contributed by atoms with Gasteiger partial charge in [-0.25, -0.2) is 0 Å². The number of amides is 2. The van der Waals surface area contributed by atoms with Crippen molar-refractivity contribution in [3.05, 3.63) is 108 Å². The van der Waals surface area contributed by atoms with Gasteiger partial charge < -0.3 is 15.2 Å². The van der Waals surface area contributed by atoms with Crippen LogP contribution in [0.2, 0.25) is 0 Å². The number of benzene rings is 3. The van der Waals surface area contributed by atoms with Gasteiger partial charge in [0.1, 0.15) is 0 Å². The number of rotatable bonds is 11. The standard InChI is InChI=1S/C29H29N7O2S/c1-4-18-36-27(21(3)30-28(38)22-12-10-20(2)11-13-22)34-35-29(36)39-19-26(37)31-23-14-16-25(17-15-23)33-32-24-8-6-5-7-9-24/h4-17,21H,1,18-19H2,2-3H3,(H,30,38)(H,31,37)/t21-/m1/s1. The number of nitrogens with zero attached hydrogens (tertiary/aromatic N) is 5. The van der Waals surface area contributed by atoms with Crippen LogP contribution in [-0.2, 0) is 11.3 Å². The van der Waals surface area contributed by atoms with Crippen molar-refractivity contribution in [3.63, 3.8) is 0 Å². The molecule has 10 heteroatoms. The van der Waals surface area contributed by atoms with E-state index in [2.05, 4.69) is 37.6 Å². The summed E-state index contributed by atoms with van der Waals surface area (Å²) < 4.78 is 1.84. The number of hydrogen-bond donors (Lipinski definition) is 2. The van der Waals surface area contributed by atoms with Crippen LogP contribution < -0.4 is 10.6 Å². The Kier molecular flexibility index (Phi) is 9.36. The summed E-state index contributed by atoms with van der Waals surface area (Å²) in [6, 6.07) is 23.6. The fourth-order valence-corrected chi connectivity index (χ4v) is 4.38. The number of allylic oxidation sites excluding steroid dienone is 1. The molecule has 9 nitrogen and oxygen atoms in total. The summed E-state index contributed by atoms with van der Waals surface area (Å²) in [6.45, 7) is 8.07. The summed E-state index contributed by atoms with van der Waals surface area (Å²) in [7, 11) is 0. The lowest BCUT2D eigenvalue weighted by Gasteiger charge is -2.15. The van der Waals surface area contributed by atoms with Crippen LogP contribution in [0.15, 0.2) is 107 Å². The minimum Gasteiger partial charge on any atom is -0.342 e. The highest BCUT2D eigenvalue weighted by Gasteiger charge is 2.20. The average Bonchev–Trinajstić information content (AvgIpc) is 3.35. The molecule has 3 aromatic carbocycles. The van der Waals surface area contributed by atoms with Crippen LogP contribution in [-0.4, -0.2) is 32.3 Å². The Morgan fingerprint density at radius 1 is 0.974 bits per heavy atom. The molecular weight excluding hydrogens is 510 g/mol. The molecule has 0 aliphatic heterocycles. The molecular formula is C29H29N7O2S. The molecule has 0 radical (unpaired) electrons. The maximum atomic E-state index is 12.7. The fourth-order valence-electron chi connectivity index (χ4n) is 3.63. The summed E-state index contributed by atoms with van der Waals surface area (Å²) in [5.41, 5.74) is 3.75. The molecule has 2 amide bonds. The number of aromatic nitrogens is 3. The zero-order chi connectivity index (χ0) is 27.6. The van der Waals surface area contributed by atoms with Crippen molar-refractivity contribution in [2.45, 2.75) is 31.6 Å². The van der Waals surface area contributed by atoms with Crippen molar-refractivity contribution in [2.75, 3.05) is 11.1 Å². The number of aryl methyl sites for hydroxylation is 1. The van der Waals surface area contributed by atoms with E-state index in [1.807, 2.05) is 60.9 Å². The monoisotopic (exact) mass is 539 g/mol. The van der Waals surface area contributed by atoms with Gasteiger partial charge in [-0.05, 0) is 62.4 Å². The van der Waals surface area contributed by atoms with Gasteiger partial charge in [0.25, 0.3) is 5.91 Å². The van der Waals surface area contributed by atoms with Gasteiger partial charge in [0.2, 0.25) is 5.91 Å². The second kappa shape index (κ2) is 13.3. The first kappa shape index (κ1) is 27.5. The van der Waals surface area contributed by atoms with E-state index in [-0.39, 0.29) is 17.6 Å². The highest BCUT2D eigenvalue weighted by Crippen LogP contribution is 2.23. The van der Waals surface area contributed by atoms with Gasteiger partial charge in [-0.2, -0.15) is 10.2 Å². The third-order valence-electron chi connectivity index (χ3n) is 5.63. The Hall–Kier alpha value is -4.57. The summed E-state index contributed by atoms with van der Waals surface area (Å²) in [4.78, 5) is 25.3. The van der Waals surface area contributed by atoms with E-state index in [0.717, 1.165) is 11.3 Å². The summed E-state index contributed by atoms with van der Waals surface area (Å²) in [5.74, 6) is 0.332. The first-order valence-corrected chi connectivity index (χ1v) is 13.3. The lowest BCUT2D eigenvalue weighted by atomic mass is 10.1. The predicted molar refractivity (Wildman–Crippen MR) is 154 cm³/mol. The third kappa shape index (κ3) is 7.71. The molecule has 1 heterocycles. The molecule has 0 aliphatic carbocycles. The van der Waals surface area contributed by atoms with Gasteiger partial charge in [-0.1, -0.05) is 53.7 Å². The third-order valence-corrected chi connectivity index (χ3v) is 6.59. The van der Waals surface area contributed by atoms with E-state index >= 15 is 0 Å². The van der Waals surface area contributed by atoms with Crippen LogP contribution >= 0.6 is 11.8 Å². The summed E-state index contributed by atoms with van der Waals surface area (Å²) >= 11 is 1.26. The Morgan fingerprint density at radius 3 is 2.31 bits per heavy atom. The molecule has 1 aromatic heterocycles. The Balaban J connectivity index is 1.33. The van der Waals surface area contributed by atoms with Gasteiger partial charge in [-0.15, -0.1) is 16.8 Å². The first-order chi connectivity index (χ1) is 18.9. The summed E-state index contributed by atoms with van der Waals surface area (Å²) in [5, 5.41) is 23.3. The normalized spacial score (nSPS) is 11.7. The molecule has 4 aromatic rings. The number of azo groups is 1. The number of anilines is 1. The average molecular weight is 540 g/mol. The maximum Gasteiger partial charge on any atom is 0.251 e. The zero-order valence-electron chi connectivity index (χ0n) is 21.7. The molecule has 0 aliphatic rings. The van der Waals surface area contributed by atoms with Crippen molar-refractivity contribution in [2.24, 2.45) is 10.2 Å². The minimum atomic E-state index is -0.396. The minimum absolute atomic E-state index is 0.134. The fraction of sp³-hybridized carbons (Fsp3) is 0.172.